The minimum atomic E-state index is 0.0417. The third kappa shape index (κ3) is 3.58. The zero-order chi connectivity index (χ0) is 13.7. The van der Waals surface area contributed by atoms with Crippen molar-refractivity contribution < 1.29 is 4.79 Å². The predicted octanol–water partition coefficient (Wildman–Crippen LogP) is 0.672. The molecule has 0 atom stereocenters. The van der Waals surface area contributed by atoms with E-state index in [1.807, 2.05) is 11.8 Å². The number of hydrogen-bond donors (Lipinski definition) is 1. The molecule has 1 aromatic rings. The fraction of sp³-hybridized carbons (Fsp3) is 0.583. The third-order valence-corrected chi connectivity index (χ3v) is 2.58. The molecular formula is C12H21N5O. The summed E-state index contributed by atoms with van der Waals surface area (Å²) >= 11 is 0. The van der Waals surface area contributed by atoms with Crippen molar-refractivity contribution in [1.29, 1.82) is 0 Å². The van der Waals surface area contributed by atoms with Crippen LogP contribution in [0.25, 0.3) is 0 Å². The molecule has 18 heavy (non-hydrogen) atoms. The van der Waals surface area contributed by atoms with Crippen LogP contribution >= 0.6 is 0 Å². The van der Waals surface area contributed by atoms with E-state index in [0.717, 1.165) is 24.3 Å². The highest BCUT2D eigenvalue weighted by Gasteiger charge is 2.16. The van der Waals surface area contributed by atoms with Crippen molar-refractivity contribution in [3.05, 3.63) is 11.8 Å². The molecule has 1 rings (SSSR count). The molecule has 0 spiro atoms. The van der Waals surface area contributed by atoms with Crippen molar-refractivity contribution >= 4 is 17.7 Å². The van der Waals surface area contributed by atoms with Gasteiger partial charge in [-0.25, -0.2) is 4.98 Å². The van der Waals surface area contributed by atoms with Crippen LogP contribution in [0.15, 0.2) is 6.20 Å². The summed E-state index contributed by atoms with van der Waals surface area (Å²) in [5.74, 6) is 1.01. The zero-order valence-electron chi connectivity index (χ0n) is 11.5. The monoisotopic (exact) mass is 251 g/mol. The van der Waals surface area contributed by atoms with Crippen LogP contribution in [0.2, 0.25) is 0 Å². The van der Waals surface area contributed by atoms with Crippen LogP contribution in [0, 0.1) is 6.92 Å². The van der Waals surface area contributed by atoms with Crippen LogP contribution in [0.1, 0.15) is 18.9 Å². The topological polar surface area (TPSA) is 75.4 Å². The van der Waals surface area contributed by atoms with Crippen LogP contribution in [-0.2, 0) is 4.79 Å². The average Bonchev–Trinajstić information content (AvgIpc) is 2.31. The molecule has 0 saturated carbocycles. The van der Waals surface area contributed by atoms with Crippen LogP contribution in [0.5, 0.6) is 0 Å². The minimum absolute atomic E-state index is 0.0417. The first-order chi connectivity index (χ1) is 8.45. The third-order valence-electron chi connectivity index (χ3n) is 2.58. The molecular weight excluding hydrogens is 230 g/mol. The number of hydrogen-bond acceptors (Lipinski definition) is 5. The largest absolute Gasteiger partial charge is 0.368 e. The van der Waals surface area contributed by atoms with Gasteiger partial charge in [0.2, 0.25) is 11.9 Å². The summed E-state index contributed by atoms with van der Waals surface area (Å²) in [6.45, 7) is 5.04. The Morgan fingerprint density at radius 2 is 2.11 bits per heavy atom. The number of anilines is 2. The molecule has 0 aliphatic rings. The van der Waals surface area contributed by atoms with E-state index in [1.54, 1.807) is 25.2 Å². The molecule has 2 N–H and O–H groups in total. The lowest BCUT2D eigenvalue weighted by atomic mass is 10.3. The van der Waals surface area contributed by atoms with E-state index >= 15 is 0 Å². The summed E-state index contributed by atoms with van der Waals surface area (Å²) in [6, 6.07) is 0. The van der Waals surface area contributed by atoms with E-state index in [2.05, 4.69) is 16.9 Å². The Kier molecular flexibility index (Phi) is 4.88. The van der Waals surface area contributed by atoms with Gasteiger partial charge in [-0.3, -0.25) is 4.79 Å². The quantitative estimate of drug-likeness (QED) is 0.832. The normalized spacial score (nSPS) is 10.2. The minimum Gasteiger partial charge on any atom is -0.368 e. The predicted molar refractivity (Wildman–Crippen MR) is 72.4 cm³/mol. The van der Waals surface area contributed by atoms with Crippen LogP contribution in [-0.4, -0.2) is 48.0 Å². The summed E-state index contributed by atoms with van der Waals surface area (Å²) in [6.07, 6.45) is 2.62. The smallest absolute Gasteiger partial charge is 0.241 e. The molecule has 0 fully saturated rings. The summed E-state index contributed by atoms with van der Waals surface area (Å²) in [4.78, 5) is 23.5. The first-order valence-electron chi connectivity index (χ1n) is 6.00. The van der Waals surface area contributed by atoms with Gasteiger partial charge >= 0.3 is 0 Å². The number of nitrogen functional groups attached to an aromatic ring is 1. The lowest BCUT2D eigenvalue weighted by Crippen LogP contribution is -2.38. The summed E-state index contributed by atoms with van der Waals surface area (Å²) in [5.41, 5.74) is 6.53. The second-order valence-electron chi connectivity index (χ2n) is 4.44. The molecule has 6 nitrogen and oxygen atoms in total. The van der Waals surface area contributed by atoms with E-state index in [1.165, 1.54) is 0 Å². The Balaban J connectivity index is 2.96. The molecule has 1 aromatic heterocycles. The highest BCUT2D eigenvalue weighted by Crippen LogP contribution is 2.17. The van der Waals surface area contributed by atoms with Crippen LogP contribution < -0.4 is 10.6 Å². The standard InChI is InChI=1S/C12H21N5O/c1-5-6-17(8-10(18)16(3)4)11-9(2)7-14-12(13)15-11/h7H,5-6,8H2,1-4H3,(H2,13,14,15). The van der Waals surface area contributed by atoms with Crippen LogP contribution in [0.3, 0.4) is 0 Å². The van der Waals surface area contributed by atoms with E-state index in [0.29, 0.717) is 6.54 Å². The molecule has 0 unspecified atom stereocenters. The molecule has 0 aromatic carbocycles. The SMILES string of the molecule is CCCN(CC(=O)N(C)C)c1nc(N)ncc1C. The number of amides is 1. The van der Waals surface area contributed by atoms with Gasteiger partial charge in [-0.15, -0.1) is 0 Å². The second-order valence-corrected chi connectivity index (χ2v) is 4.44. The second kappa shape index (κ2) is 6.18. The van der Waals surface area contributed by atoms with Gasteiger partial charge < -0.3 is 15.5 Å². The maximum atomic E-state index is 11.8. The molecule has 0 aliphatic carbocycles. The number of nitrogens with two attached hydrogens (primary N) is 1. The van der Waals surface area contributed by atoms with Crippen molar-refractivity contribution in [3.63, 3.8) is 0 Å². The Morgan fingerprint density at radius 3 is 2.67 bits per heavy atom. The molecule has 0 radical (unpaired) electrons. The molecule has 0 aliphatic heterocycles. The van der Waals surface area contributed by atoms with E-state index in [4.69, 9.17) is 5.73 Å². The summed E-state index contributed by atoms with van der Waals surface area (Å²) < 4.78 is 0. The van der Waals surface area contributed by atoms with Crippen molar-refractivity contribution in [2.24, 2.45) is 0 Å². The lowest BCUT2D eigenvalue weighted by Gasteiger charge is -2.25. The highest BCUT2D eigenvalue weighted by molar-refractivity contribution is 5.80. The number of nitrogens with zero attached hydrogens (tertiary/aromatic N) is 4. The van der Waals surface area contributed by atoms with Crippen molar-refractivity contribution in [3.8, 4) is 0 Å². The fourth-order valence-corrected chi connectivity index (χ4v) is 1.60. The maximum Gasteiger partial charge on any atom is 0.241 e. The average molecular weight is 251 g/mol. The molecule has 6 heteroatoms. The summed E-state index contributed by atoms with van der Waals surface area (Å²) in [7, 11) is 3.49. The van der Waals surface area contributed by atoms with Gasteiger partial charge in [0.05, 0.1) is 6.54 Å². The number of likely N-dealkylation sites (N-methyl/N-ethyl adjacent to an activating group) is 1. The number of aryl methyl sites for hydroxylation is 1. The van der Waals surface area contributed by atoms with Gasteiger partial charge in [-0.2, -0.15) is 4.98 Å². The first kappa shape index (κ1) is 14.2. The maximum absolute atomic E-state index is 11.8. The number of carbonyl (C=O) groups excluding carboxylic acids is 1. The van der Waals surface area contributed by atoms with Crippen molar-refractivity contribution in [2.45, 2.75) is 20.3 Å². The zero-order valence-corrected chi connectivity index (χ0v) is 11.5. The first-order valence-corrected chi connectivity index (χ1v) is 6.00. The van der Waals surface area contributed by atoms with Gasteiger partial charge in [0, 0.05) is 32.4 Å². The van der Waals surface area contributed by atoms with Gasteiger partial charge in [0.25, 0.3) is 0 Å². The van der Waals surface area contributed by atoms with E-state index < -0.39 is 0 Å². The lowest BCUT2D eigenvalue weighted by molar-refractivity contribution is -0.127. The molecule has 0 saturated heterocycles. The number of rotatable bonds is 5. The van der Waals surface area contributed by atoms with Gasteiger partial charge in [-0.05, 0) is 13.3 Å². The highest BCUT2D eigenvalue weighted by atomic mass is 16.2. The molecule has 0 bridgehead atoms. The number of carbonyl (C=O) groups is 1. The fourth-order valence-electron chi connectivity index (χ4n) is 1.60. The van der Waals surface area contributed by atoms with Crippen molar-refractivity contribution in [1.82, 2.24) is 14.9 Å². The van der Waals surface area contributed by atoms with Crippen LogP contribution in [0.4, 0.5) is 11.8 Å². The van der Waals surface area contributed by atoms with E-state index in [9.17, 15) is 4.79 Å². The molecule has 1 amide bonds. The Morgan fingerprint density at radius 1 is 1.44 bits per heavy atom. The van der Waals surface area contributed by atoms with Gasteiger partial charge in [0.15, 0.2) is 0 Å². The van der Waals surface area contributed by atoms with Gasteiger partial charge in [-0.1, -0.05) is 6.92 Å². The Bertz CT molecular complexity index is 419. The van der Waals surface area contributed by atoms with Gasteiger partial charge in [0.1, 0.15) is 5.82 Å². The summed E-state index contributed by atoms with van der Waals surface area (Å²) in [5, 5.41) is 0. The Labute approximate surface area is 108 Å². The van der Waals surface area contributed by atoms with E-state index in [-0.39, 0.29) is 11.9 Å². The van der Waals surface area contributed by atoms with Crippen molar-refractivity contribution in [2.75, 3.05) is 37.8 Å². The number of aromatic nitrogens is 2. The Hall–Kier alpha value is -1.85. The molecule has 100 valence electrons. The molecule has 1 heterocycles.